The van der Waals surface area contributed by atoms with Crippen molar-refractivity contribution >= 4 is 27.8 Å². The monoisotopic (exact) mass is 286 g/mol. The topological polar surface area (TPSA) is 68.3 Å². The van der Waals surface area contributed by atoms with Gasteiger partial charge in [0, 0.05) is 23.4 Å². The van der Waals surface area contributed by atoms with Gasteiger partial charge in [-0.15, -0.1) is 0 Å². The number of esters is 1. The van der Waals surface area contributed by atoms with E-state index in [0.29, 0.717) is 5.56 Å². The standard InChI is InChI=1S/C10H11BrN2O3/c1-16-9(14)2-3-13-10(15)7-4-8(11)6-12-5-7/h4-6H,2-3H2,1H3,(H,13,15). The molecule has 1 amide bonds. The van der Waals surface area contributed by atoms with Crippen LogP contribution in [-0.4, -0.2) is 30.5 Å². The molecule has 0 saturated carbocycles. The molecule has 16 heavy (non-hydrogen) atoms. The Balaban J connectivity index is 2.44. The normalized spacial score (nSPS) is 9.62. The van der Waals surface area contributed by atoms with E-state index in [9.17, 15) is 9.59 Å². The molecule has 1 aromatic heterocycles. The molecule has 5 nitrogen and oxygen atoms in total. The molecule has 0 aromatic carbocycles. The summed E-state index contributed by atoms with van der Waals surface area (Å²) in [6.45, 7) is 0.248. The molecule has 1 heterocycles. The number of carbonyl (C=O) groups excluding carboxylic acids is 2. The Bertz CT molecular complexity index is 395. The van der Waals surface area contributed by atoms with Crippen LogP contribution in [0.1, 0.15) is 16.8 Å². The van der Waals surface area contributed by atoms with Crippen molar-refractivity contribution in [3.8, 4) is 0 Å². The molecule has 0 aliphatic carbocycles. The number of methoxy groups -OCH3 is 1. The molecule has 0 saturated heterocycles. The Morgan fingerprint density at radius 2 is 2.25 bits per heavy atom. The van der Waals surface area contributed by atoms with Crippen molar-refractivity contribution in [2.75, 3.05) is 13.7 Å². The van der Waals surface area contributed by atoms with E-state index < -0.39 is 0 Å². The summed E-state index contributed by atoms with van der Waals surface area (Å²) in [4.78, 5) is 26.2. The van der Waals surface area contributed by atoms with Gasteiger partial charge in [0.1, 0.15) is 0 Å². The van der Waals surface area contributed by atoms with Crippen LogP contribution in [0.15, 0.2) is 22.9 Å². The van der Waals surface area contributed by atoms with Crippen molar-refractivity contribution in [1.82, 2.24) is 10.3 Å². The fraction of sp³-hybridized carbons (Fsp3) is 0.300. The van der Waals surface area contributed by atoms with Crippen molar-refractivity contribution in [1.29, 1.82) is 0 Å². The second-order valence-electron chi connectivity index (χ2n) is 2.97. The van der Waals surface area contributed by atoms with Crippen LogP contribution >= 0.6 is 15.9 Å². The highest BCUT2D eigenvalue weighted by molar-refractivity contribution is 9.10. The predicted molar refractivity (Wildman–Crippen MR) is 60.9 cm³/mol. The van der Waals surface area contributed by atoms with Gasteiger partial charge in [-0.25, -0.2) is 0 Å². The minimum Gasteiger partial charge on any atom is -0.469 e. The molecule has 0 bridgehead atoms. The maximum absolute atomic E-state index is 11.5. The highest BCUT2D eigenvalue weighted by atomic mass is 79.9. The van der Waals surface area contributed by atoms with Gasteiger partial charge in [-0.2, -0.15) is 0 Å². The SMILES string of the molecule is COC(=O)CCNC(=O)c1cncc(Br)c1. The molecule has 0 unspecified atom stereocenters. The summed E-state index contributed by atoms with van der Waals surface area (Å²) in [6, 6.07) is 1.65. The second-order valence-corrected chi connectivity index (χ2v) is 3.89. The Labute approximate surface area is 101 Å². The number of ether oxygens (including phenoxy) is 1. The Hall–Kier alpha value is -1.43. The molecule has 86 valence electrons. The highest BCUT2D eigenvalue weighted by Gasteiger charge is 2.07. The Kier molecular flexibility index (Phi) is 4.91. The summed E-state index contributed by atoms with van der Waals surface area (Å²) < 4.78 is 5.18. The molecule has 6 heteroatoms. The molecule has 0 spiro atoms. The van der Waals surface area contributed by atoms with E-state index in [4.69, 9.17) is 0 Å². The predicted octanol–water partition coefficient (Wildman–Crippen LogP) is 1.14. The number of pyridine rings is 1. The molecule has 0 fully saturated rings. The molecule has 0 atom stereocenters. The summed E-state index contributed by atoms with van der Waals surface area (Å²) in [6.07, 6.45) is 3.20. The van der Waals surface area contributed by atoms with E-state index in [-0.39, 0.29) is 24.8 Å². The van der Waals surface area contributed by atoms with E-state index >= 15 is 0 Å². The van der Waals surface area contributed by atoms with Gasteiger partial charge in [-0.1, -0.05) is 0 Å². The third-order valence-corrected chi connectivity index (χ3v) is 2.24. The second kappa shape index (κ2) is 6.22. The van der Waals surface area contributed by atoms with Crippen molar-refractivity contribution in [2.45, 2.75) is 6.42 Å². The molecule has 1 aromatic rings. The van der Waals surface area contributed by atoms with Gasteiger partial charge in [0.15, 0.2) is 0 Å². The number of hydrogen-bond donors (Lipinski definition) is 1. The Morgan fingerprint density at radius 3 is 2.88 bits per heavy atom. The van der Waals surface area contributed by atoms with Crippen LogP contribution < -0.4 is 5.32 Å². The fourth-order valence-electron chi connectivity index (χ4n) is 1.02. The van der Waals surface area contributed by atoms with E-state index in [1.54, 1.807) is 12.3 Å². The third kappa shape index (κ3) is 3.98. The van der Waals surface area contributed by atoms with Crippen molar-refractivity contribution < 1.29 is 14.3 Å². The van der Waals surface area contributed by atoms with Crippen molar-refractivity contribution in [2.24, 2.45) is 0 Å². The summed E-state index contributed by atoms with van der Waals surface area (Å²) in [7, 11) is 1.31. The van der Waals surface area contributed by atoms with Crippen LogP contribution in [0.2, 0.25) is 0 Å². The largest absolute Gasteiger partial charge is 0.469 e. The average molecular weight is 287 g/mol. The number of carbonyl (C=O) groups is 2. The smallest absolute Gasteiger partial charge is 0.307 e. The number of halogens is 1. The molecule has 0 aliphatic heterocycles. The van der Waals surface area contributed by atoms with Gasteiger partial charge in [-0.3, -0.25) is 14.6 Å². The van der Waals surface area contributed by atoms with Crippen LogP contribution in [0.4, 0.5) is 0 Å². The van der Waals surface area contributed by atoms with Crippen LogP contribution in [0.3, 0.4) is 0 Å². The first-order valence-corrected chi connectivity index (χ1v) is 5.38. The first kappa shape index (κ1) is 12.6. The van der Waals surface area contributed by atoms with Crippen LogP contribution in [0, 0.1) is 0 Å². The van der Waals surface area contributed by atoms with Crippen LogP contribution in [0.25, 0.3) is 0 Å². The fourth-order valence-corrected chi connectivity index (χ4v) is 1.38. The lowest BCUT2D eigenvalue weighted by molar-refractivity contribution is -0.140. The van der Waals surface area contributed by atoms with Gasteiger partial charge < -0.3 is 10.1 Å². The minimum atomic E-state index is -0.354. The van der Waals surface area contributed by atoms with E-state index in [1.165, 1.54) is 13.3 Å². The number of rotatable bonds is 4. The number of aromatic nitrogens is 1. The Morgan fingerprint density at radius 1 is 1.50 bits per heavy atom. The summed E-state index contributed by atoms with van der Waals surface area (Å²) in [5.41, 5.74) is 0.444. The van der Waals surface area contributed by atoms with Gasteiger partial charge >= 0.3 is 5.97 Å². The number of hydrogen-bond acceptors (Lipinski definition) is 4. The van der Waals surface area contributed by atoms with Crippen molar-refractivity contribution in [3.63, 3.8) is 0 Å². The lowest BCUT2D eigenvalue weighted by Crippen LogP contribution is -2.26. The first-order valence-electron chi connectivity index (χ1n) is 4.59. The number of amides is 1. The van der Waals surface area contributed by atoms with Gasteiger partial charge in [0.25, 0.3) is 5.91 Å². The maximum atomic E-state index is 11.5. The molecule has 0 radical (unpaired) electrons. The van der Waals surface area contributed by atoms with Crippen LogP contribution in [0.5, 0.6) is 0 Å². The zero-order chi connectivity index (χ0) is 12.0. The van der Waals surface area contributed by atoms with Crippen molar-refractivity contribution in [3.05, 3.63) is 28.5 Å². The first-order chi connectivity index (χ1) is 7.63. The third-order valence-electron chi connectivity index (χ3n) is 1.81. The minimum absolute atomic E-state index is 0.156. The molecular weight excluding hydrogens is 276 g/mol. The highest BCUT2D eigenvalue weighted by Crippen LogP contribution is 2.09. The molecular formula is C10H11BrN2O3. The van der Waals surface area contributed by atoms with E-state index in [1.807, 2.05) is 0 Å². The summed E-state index contributed by atoms with van der Waals surface area (Å²) in [5, 5.41) is 2.59. The number of nitrogens with one attached hydrogen (secondary N) is 1. The average Bonchev–Trinajstić information content (AvgIpc) is 2.28. The van der Waals surface area contributed by atoms with E-state index in [0.717, 1.165) is 4.47 Å². The zero-order valence-corrected chi connectivity index (χ0v) is 10.3. The lowest BCUT2D eigenvalue weighted by atomic mass is 10.2. The molecule has 1 N–H and O–H groups in total. The zero-order valence-electron chi connectivity index (χ0n) is 8.70. The van der Waals surface area contributed by atoms with E-state index in [2.05, 4.69) is 31.0 Å². The van der Waals surface area contributed by atoms with Gasteiger partial charge in [-0.05, 0) is 22.0 Å². The molecule has 0 aliphatic rings. The quantitative estimate of drug-likeness (QED) is 0.843. The van der Waals surface area contributed by atoms with Gasteiger partial charge in [0.2, 0.25) is 0 Å². The van der Waals surface area contributed by atoms with Crippen LogP contribution in [-0.2, 0) is 9.53 Å². The lowest BCUT2D eigenvalue weighted by Gasteiger charge is -2.04. The maximum Gasteiger partial charge on any atom is 0.307 e. The number of nitrogens with zero attached hydrogens (tertiary/aromatic N) is 1. The summed E-state index contributed by atoms with van der Waals surface area (Å²) >= 11 is 3.22. The molecule has 1 rings (SSSR count). The summed E-state index contributed by atoms with van der Waals surface area (Å²) in [5.74, 6) is -0.620. The van der Waals surface area contributed by atoms with Gasteiger partial charge in [0.05, 0.1) is 19.1 Å².